The third-order valence-corrected chi connectivity index (χ3v) is 5.81. The molecule has 0 aromatic heterocycles. The number of aryl methyl sites for hydroxylation is 1. The number of anilines is 2. The Morgan fingerprint density at radius 2 is 1.70 bits per heavy atom. The molecule has 0 saturated heterocycles. The third-order valence-electron chi connectivity index (χ3n) is 3.85. The Bertz CT molecular complexity index is 894. The Labute approximate surface area is 160 Å². The summed E-state index contributed by atoms with van der Waals surface area (Å²) in [6.45, 7) is 4.23. The van der Waals surface area contributed by atoms with Gasteiger partial charge in [0.15, 0.2) is 0 Å². The predicted molar refractivity (Wildman–Crippen MR) is 107 cm³/mol. The molecule has 0 aliphatic rings. The molecule has 2 aromatic rings. The molecule has 0 aliphatic heterocycles. The minimum atomic E-state index is -3.55. The molecule has 2 N–H and O–H groups in total. The number of nitrogens with one attached hydrogen (secondary N) is 2. The van der Waals surface area contributed by atoms with Gasteiger partial charge in [-0.1, -0.05) is 6.07 Å². The van der Waals surface area contributed by atoms with Crippen molar-refractivity contribution in [2.24, 2.45) is 0 Å². The van der Waals surface area contributed by atoms with E-state index in [0.717, 1.165) is 10.1 Å². The summed E-state index contributed by atoms with van der Waals surface area (Å²) in [4.78, 5) is 12.3. The maximum atomic E-state index is 12.4. The van der Waals surface area contributed by atoms with Crippen molar-refractivity contribution in [3.63, 3.8) is 0 Å². The molecule has 0 aliphatic carbocycles. The zero-order valence-electron chi connectivity index (χ0n) is 15.9. The maximum absolute atomic E-state index is 12.4. The van der Waals surface area contributed by atoms with Gasteiger partial charge < -0.3 is 15.4 Å². The van der Waals surface area contributed by atoms with Crippen molar-refractivity contribution in [2.75, 3.05) is 37.9 Å². The molecule has 0 spiro atoms. The summed E-state index contributed by atoms with van der Waals surface area (Å²) in [6.07, 6.45) is 0. The van der Waals surface area contributed by atoms with Gasteiger partial charge in [-0.2, -0.15) is 0 Å². The summed E-state index contributed by atoms with van der Waals surface area (Å²) in [7, 11) is -0.575. The van der Waals surface area contributed by atoms with Crippen molar-refractivity contribution in [1.29, 1.82) is 0 Å². The Balaban J connectivity index is 2.01. The van der Waals surface area contributed by atoms with Gasteiger partial charge in [0.05, 0.1) is 18.0 Å². The largest absolute Gasteiger partial charge is 0.494 e. The fraction of sp³-hybridized carbons (Fsp3) is 0.316. The average molecular weight is 391 g/mol. The highest BCUT2D eigenvalue weighted by Gasteiger charge is 2.20. The van der Waals surface area contributed by atoms with Crippen molar-refractivity contribution in [2.45, 2.75) is 18.7 Å². The smallest absolute Gasteiger partial charge is 0.243 e. The number of hydrogen-bond donors (Lipinski definition) is 2. The summed E-state index contributed by atoms with van der Waals surface area (Å²) >= 11 is 0. The molecular formula is C19H25N3O4S. The van der Waals surface area contributed by atoms with Crippen LogP contribution < -0.4 is 15.4 Å². The molecule has 2 rings (SSSR count). The number of sulfonamides is 1. The standard InChI is InChI=1S/C19H25N3O4S/c1-5-26-17-10-8-15(9-11-17)21-19(23)13-20-16-7-6-14(2)18(12-16)27(24,25)22(3)4/h6-12,20H,5,13H2,1-4H3,(H,21,23). The van der Waals surface area contributed by atoms with E-state index in [4.69, 9.17) is 4.74 Å². The van der Waals surface area contributed by atoms with E-state index in [0.29, 0.717) is 23.5 Å². The molecule has 0 unspecified atom stereocenters. The van der Waals surface area contributed by atoms with Crippen LogP contribution in [0.1, 0.15) is 12.5 Å². The second-order valence-corrected chi connectivity index (χ2v) is 8.25. The summed E-state index contributed by atoms with van der Waals surface area (Å²) < 4.78 is 31.3. The zero-order chi connectivity index (χ0) is 20.0. The van der Waals surface area contributed by atoms with Crippen LogP contribution in [-0.2, 0) is 14.8 Å². The number of nitrogens with zero attached hydrogens (tertiary/aromatic N) is 1. The number of rotatable bonds is 8. The highest BCUT2D eigenvalue weighted by molar-refractivity contribution is 7.89. The third kappa shape index (κ3) is 5.45. The van der Waals surface area contributed by atoms with E-state index in [1.54, 1.807) is 43.3 Å². The van der Waals surface area contributed by atoms with Crippen LogP contribution in [0.3, 0.4) is 0 Å². The predicted octanol–water partition coefficient (Wildman–Crippen LogP) is 2.69. The summed E-state index contributed by atoms with van der Waals surface area (Å²) in [5, 5.41) is 5.73. The lowest BCUT2D eigenvalue weighted by atomic mass is 10.2. The van der Waals surface area contributed by atoms with E-state index in [1.807, 2.05) is 6.92 Å². The number of benzene rings is 2. The van der Waals surface area contributed by atoms with Crippen molar-refractivity contribution in [3.05, 3.63) is 48.0 Å². The van der Waals surface area contributed by atoms with Crippen LogP contribution in [0.4, 0.5) is 11.4 Å². The van der Waals surface area contributed by atoms with Crippen molar-refractivity contribution >= 4 is 27.3 Å². The topological polar surface area (TPSA) is 87.7 Å². The zero-order valence-corrected chi connectivity index (χ0v) is 16.8. The first-order chi connectivity index (χ1) is 12.7. The Kier molecular flexibility index (Phi) is 6.81. The average Bonchev–Trinajstić information content (AvgIpc) is 2.62. The van der Waals surface area contributed by atoms with Gasteiger partial charge >= 0.3 is 0 Å². The molecule has 7 nitrogen and oxygen atoms in total. The van der Waals surface area contributed by atoms with Gasteiger partial charge in [-0.25, -0.2) is 12.7 Å². The monoisotopic (exact) mass is 391 g/mol. The van der Waals surface area contributed by atoms with Crippen LogP contribution in [0.15, 0.2) is 47.4 Å². The molecule has 0 radical (unpaired) electrons. The lowest BCUT2D eigenvalue weighted by Gasteiger charge is -2.15. The highest BCUT2D eigenvalue weighted by Crippen LogP contribution is 2.22. The molecule has 0 bridgehead atoms. The first-order valence-electron chi connectivity index (χ1n) is 8.53. The summed E-state index contributed by atoms with van der Waals surface area (Å²) in [6, 6.07) is 12.1. The minimum absolute atomic E-state index is 0.0116. The Hall–Kier alpha value is -2.58. The fourth-order valence-corrected chi connectivity index (χ4v) is 3.52. The van der Waals surface area contributed by atoms with Gasteiger partial charge in [0.2, 0.25) is 15.9 Å². The number of amides is 1. The molecule has 0 atom stereocenters. The molecule has 8 heteroatoms. The van der Waals surface area contributed by atoms with E-state index in [2.05, 4.69) is 10.6 Å². The summed E-state index contributed by atoms with van der Waals surface area (Å²) in [5.74, 6) is 0.500. The normalized spacial score (nSPS) is 11.3. The lowest BCUT2D eigenvalue weighted by Crippen LogP contribution is -2.24. The Morgan fingerprint density at radius 3 is 2.30 bits per heavy atom. The number of carbonyl (C=O) groups excluding carboxylic acids is 1. The van der Waals surface area contributed by atoms with Gasteiger partial charge in [0.1, 0.15) is 5.75 Å². The molecule has 2 aromatic carbocycles. The van der Waals surface area contributed by atoms with Crippen LogP contribution in [0, 0.1) is 6.92 Å². The lowest BCUT2D eigenvalue weighted by molar-refractivity contribution is -0.114. The molecule has 1 amide bonds. The first kappa shape index (κ1) is 20.7. The molecular weight excluding hydrogens is 366 g/mol. The molecule has 146 valence electrons. The van der Waals surface area contributed by atoms with E-state index in [9.17, 15) is 13.2 Å². The van der Waals surface area contributed by atoms with Crippen molar-refractivity contribution in [3.8, 4) is 5.75 Å². The molecule has 0 heterocycles. The number of ether oxygens (including phenoxy) is 1. The first-order valence-corrected chi connectivity index (χ1v) is 9.98. The van der Waals surface area contributed by atoms with E-state index in [1.165, 1.54) is 20.2 Å². The van der Waals surface area contributed by atoms with E-state index >= 15 is 0 Å². The number of carbonyl (C=O) groups is 1. The van der Waals surface area contributed by atoms with Gasteiger partial charge in [-0.15, -0.1) is 0 Å². The van der Waals surface area contributed by atoms with Crippen LogP contribution in [0.2, 0.25) is 0 Å². The van der Waals surface area contributed by atoms with Gasteiger partial charge in [0.25, 0.3) is 0 Å². The second-order valence-electron chi connectivity index (χ2n) is 6.13. The molecule has 27 heavy (non-hydrogen) atoms. The molecule has 0 saturated carbocycles. The van der Waals surface area contributed by atoms with Crippen molar-refractivity contribution in [1.82, 2.24) is 4.31 Å². The fourth-order valence-electron chi connectivity index (χ4n) is 2.37. The van der Waals surface area contributed by atoms with Gasteiger partial charge in [-0.05, 0) is 55.8 Å². The van der Waals surface area contributed by atoms with Crippen LogP contribution in [0.25, 0.3) is 0 Å². The molecule has 0 fully saturated rings. The van der Waals surface area contributed by atoms with E-state index in [-0.39, 0.29) is 17.3 Å². The minimum Gasteiger partial charge on any atom is -0.494 e. The summed E-state index contributed by atoms with van der Waals surface area (Å²) in [5.41, 5.74) is 1.86. The highest BCUT2D eigenvalue weighted by atomic mass is 32.2. The maximum Gasteiger partial charge on any atom is 0.243 e. The van der Waals surface area contributed by atoms with Crippen LogP contribution in [-0.4, -0.2) is 45.9 Å². The Morgan fingerprint density at radius 1 is 1.07 bits per heavy atom. The number of hydrogen-bond acceptors (Lipinski definition) is 5. The van der Waals surface area contributed by atoms with Gasteiger partial charge in [-0.3, -0.25) is 4.79 Å². The van der Waals surface area contributed by atoms with Gasteiger partial charge in [0, 0.05) is 25.5 Å². The van der Waals surface area contributed by atoms with Crippen LogP contribution in [0.5, 0.6) is 5.75 Å². The second kappa shape index (κ2) is 8.88. The van der Waals surface area contributed by atoms with E-state index < -0.39 is 10.0 Å². The SMILES string of the molecule is CCOc1ccc(NC(=O)CNc2ccc(C)c(S(=O)(=O)N(C)C)c2)cc1. The van der Waals surface area contributed by atoms with Crippen molar-refractivity contribution < 1.29 is 17.9 Å². The quantitative estimate of drug-likeness (QED) is 0.722. The van der Waals surface area contributed by atoms with Crippen LogP contribution >= 0.6 is 0 Å².